The van der Waals surface area contributed by atoms with Crippen LogP contribution in [0.5, 0.6) is 0 Å². The minimum atomic E-state index is -1.88. The first-order valence-corrected chi connectivity index (χ1v) is 20.2. The summed E-state index contributed by atoms with van der Waals surface area (Å²) < 4.78 is 23.8. The van der Waals surface area contributed by atoms with Gasteiger partial charge in [0, 0.05) is 0 Å². The van der Waals surface area contributed by atoms with Gasteiger partial charge in [0.05, 0.1) is 18.1 Å². The van der Waals surface area contributed by atoms with Crippen LogP contribution in [0.3, 0.4) is 0 Å². The number of carbonyl (C=O) groups is 2. The average molecular weight is 765 g/mol. The van der Waals surface area contributed by atoms with Crippen molar-refractivity contribution in [1.29, 1.82) is 0 Å². The minimum Gasteiger partial charge on any atom is -0.481 e. The molecule has 7 rings (SSSR count). The molecule has 7 aliphatic rings. The number of carboxylic acids is 2. The van der Waals surface area contributed by atoms with Gasteiger partial charge in [0.25, 0.3) is 0 Å². The Balaban J connectivity index is 1.16. The van der Waals surface area contributed by atoms with Crippen LogP contribution in [0.1, 0.15) is 113 Å². The van der Waals surface area contributed by atoms with Crippen LogP contribution in [-0.4, -0.2) is 116 Å². The first-order chi connectivity index (χ1) is 25.0. The second-order valence-electron chi connectivity index (χ2n) is 20.3. The average Bonchev–Trinajstić information content (AvgIpc) is 3.08. The van der Waals surface area contributed by atoms with E-state index in [1.54, 1.807) is 0 Å². The topological polar surface area (TPSA) is 213 Å². The zero-order valence-electron chi connectivity index (χ0n) is 32.9. The summed E-state index contributed by atoms with van der Waals surface area (Å²) in [6.45, 7) is 15.9. The van der Waals surface area contributed by atoms with Gasteiger partial charge in [-0.05, 0) is 109 Å². The second kappa shape index (κ2) is 13.4. The molecule has 0 aromatic heterocycles. The Hall–Kier alpha value is -1.68. The molecule has 6 fully saturated rings. The van der Waals surface area contributed by atoms with Crippen molar-refractivity contribution in [3.63, 3.8) is 0 Å². The molecule has 13 nitrogen and oxygen atoms in total. The van der Waals surface area contributed by atoms with E-state index >= 15 is 0 Å². The van der Waals surface area contributed by atoms with Crippen molar-refractivity contribution in [3.05, 3.63) is 11.6 Å². The van der Waals surface area contributed by atoms with Crippen LogP contribution in [-0.2, 0) is 28.5 Å². The Morgan fingerprint density at radius 1 is 0.759 bits per heavy atom. The summed E-state index contributed by atoms with van der Waals surface area (Å²) in [4.78, 5) is 25.2. The zero-order chi connectivity index (χ0) is 39.6. The van der Waals surface area contributed by atoms with Gasteiger partial charge in [0.1, 0.15) is 36.6 Å². The Morgan fingerprint density at radius 3 is 2.11 bits per heavy atom. The molecule has 5 aliphatic carbocycles. The van der Waals surface area contributed by atoms with Gasteiger partial charge in [-0.15, -0.1) is 0 Å². The fraction of sp³-hybridized carbons (Fsp3) is 0.902. The molecule has 0 bridgehead atoms. The molecule has 0 spiro atoms. The largest absolute Gasteiger partial charge is 0.481 e. The van der Waals surface area contributed by atoms with E-state index in [0.717, 1.165) is 51.4 Å². The van der Waals surface area contributed by atoms with E-state index in [2.05, 4.69) is 54.5 Å². The Kier molecular flexibility index (Phi) is 10.1. The number of ether oxygens (including phenoxy) is 4. The fourth-order valence-corrected chi connectivity index (χ4v) is 13.4. The molecule has 0 radical (unpaired) electrons. The normalized spacial score (nSPS) is 52.4. The van der Waals surface area contributed by atoms with Crippen LogP contribution in [0.15, 0.2) is 11.6 Å². The van der Waals surface area contributed by atoms with Crippen molar-refractivity contribution in [3.8, 4) is 0 Å². The third kappa shape index (κ3) is 5.88. The molecule has 7 N–H and O–H groups in total. The first kappa shape index (κ1) is 40.5. The van der Waals surface area contributed by atoms with E-state index in [1.807, 2.05) is 0 Å². The highest BCUT2D eigenvalue weighted by atomic mass is 16.8. The number of hydrogen-bond acceptors (Lipinski definition) is 11. The quantitative estimate of drug-likeness (QED) is 0.152. The molecule has 2 saturated heterocycles. The summed E-state index contributed by atoms with van der Waals surface area (Å²) in [6.07, 6.45) is -4.31. The first-order valence-electron chi connectivity index (χ1n) is 20.2. The van der Waals surface area contributed by atoms with E-state index in [-0.39, 0.29) is 40.1 Å². The van der Waals surface area contributed by atoms with Crippen molar-refractivity contribution in [2.75, 3.05) is 6.61 Å². The lowest BCUT2D eigenvalue weighted by atomic mass is 9.33. The predicted molar refractivity (Wildman–Crippen MR) is 192 cm³/mol. The van der Waals surface area contributed by atoms with Gasteiger partial charge in [-0.1, -0.05) is 60.1 Å². The van der Waals surface area contributed by atoms with Crippen molar-refractivity contribution < 1.29 is 64.3 Å². The fourth-order valence-electron chi connectivity index (χ4n) is 13.4. The van der Waals surface area contributed by atoms with Gasteiger partial charge in [-0.3, -0.25) is 4.79 Å². The summed E-state index contributed by atoms with van der Waals surface area (Å²) >= 11 is 0. The summed E-state index contributed by atoms with van der Waals surface area (Å²) in [7, 11) is 0. The monoisotopic (exact) mass is 764 g/mol. The van der Waals surface area contributed by atoms with Crippen molar-refractivity contribution in [2.45, 2.75) is 174 Å². The van der Waals surface area contributed by atoms with Gasteiger partial charge in [0.2, 0.25) is 0 Å². The van der Waals surface area contributed by atoms with Gasteiger partial charge in [-0.2, -0.15) is 0 Å². The van der Waals surface area contributed by atoms with Crippen LogP contribution >= 0.6 is 0 Å². The lowest BCUT2D eigenvalue weighted by Gasteiger charge is -2.71. The van der Waals surface area contributed by atoms with Crippen LogP contribution in [0, 0.1) is 50.2 Å². The zero-order valence-corrected chi connectivity index (χ0v) is 32.9. The van der Waals surface area contributed by atoms with Crippen molar-refractivity contribution >= 4 is 11.9 Å². The number of carboxylic acid groups (broad SMARTS) is 2. The maximum absolute atomic E-state index is 13.0. The van der Waals surface area contributed by atoms with E-state index in [4.69, 9.17) is 18.9 Å². The number of hydrogen-bond donors (Lipinski definition) is 7. The molecule has 17 atom stereocenters. The number of allylic oxidation sites excluding steroid dienone is 2. The number of aliphatic carboxylic acids is 2. The van der Waals surface area contributed by atoms with Gasteiger partial charge in [0.15, 0.2) is 18.7 Å². The smallest absolute Gasteiger partial charge is 0.335 e. The highest BCUT2D eigenvalue weighted by Gasteiger charge is 2.69. The lowest BCUT2D eigenvalue weighted by Crippen LogP contribution is -2.67. The second-order valence-corrected chi connectivity index (χ2v) is 20.3. The number of aliphatic hydroxyl groups excluding tert-OH is 5. The summed E-state index contributed by atoms with van der Waals surface area (Å²) in [6, 6.07) is 0. The molecule has 306 valence electrons. The summed E-state index contributed by atoms with van der Waals surface area (Å²) in [5.41, 5.74) is 0.0561. The predicted octanol–water partition coefficient (Wildman–Crippen LogP) is 3.61. The molecule has 0 aromatic carbocycles. The molecule has 4 saturated carbocycles. The number of fused-ring (bicyclic) bond motifs is 7. The van der Waals surface area contributed by atoms with Crippen LogP contribution in [0.25, 0.3) is 0 Å². The number of aliphatic hydroxyl groups is 5. The summed E-state index contributed by atoms with van der Waals surface area (Å²) in [5.74, 6) is -1.55. The molecule has 54 heavy (non-hydrogen) atoms. The van der Waals surface area contributed by atoms with Crippen molar-refractivity contribution in [2.24, 2.45) is 50.2 Å². The van der Waals surface area contributed by atoms with Gasteiger partial charge < -0.3 is 54.7 Å². The Labute approximate surface area is 318 Å². The highest BCUT2D eigenvalue weighted by Crippen LogP contribution is 2.76. The van der Waals surface area contributed by atoms with Crippen LogP contribution in [0.2, 0.25) is 0 Å². The molecule has 2 heterocycles. The molecule has 17 unspecified atom stereocenters. The molecule has 13 heteroatoms. The standard InChI is InChI=1S/C41H64O13/c1-36(2)14-16-41(35(49)50)17-15-39(6)20(21(41)18-36)8-9-24-38(5)12-11-25(37(3,4)23(38)10-13-40(24,39)7)52-34-31(28(45)27(44)30(53-34)32(47)48)54-33-29(46)26(43)22(42)19-51-33/h8,21-31,33-34,42-46H,9-19H2,1-7H3,(H,47,48)(H,49,50). The summed E-state index contributed by atoms with van der Waals surface area (Å²) in [5, 5.41) is 73.3. The van der Waals surface area contributed by atoms with Gasteiger partial charge >= 0.3 is 11.9 Å². The third-order valence-electron chi connectivity index (χ3n) is 16.8. The van der Waals surface area contributed by atoms with Crippen molar-refractivity contribution in [1.82, 2.24) is 0 Å². The Morgan fingerprint density at radius 2 is 1.44 bits per heavy atom. The number of rotatable bonds is 6. The third-order valence-corrected chi connectivity index (χ3v) is 16.8. The maximum Gasteiger partial charge on any atom is 0.335 e. The maximum atomic E-state index is 13.0. The molecular formula is C41H64O13. The van der Waals surface area contributed by atoms with E-state index in [9.17, 15) is 45.3 Å². The molecule has 2 aliphatic heterocycles. The van der Waals surface area contributed by atoms with Crippen LogP contribution < -0.4 is 0 Å². The molecular weight excluding hydrogens is 700 g/mol. The van der Waals surface area contributed by atoms with Crippen LogP contribution in [0.4, 0.5) is 0 Å². The lowest BCUT2D eigenvalue weighted by molar-refractivity contribution is -0.366. The van der Waals surface area contributed by atoms with E-state index < -0.39 is 84.2 Å². The Bertz CT molecular complexity index is 1510. The molecule has 0 aromatic rings. The SMILES string of the molecule is CC1(C)CCC2(C(=O)O)CCC3(C)C(=CCC4C5(C)CCC(OC6OC(C(=O)O)C(O)C(O)C6OC6OCC(O)C(O)C6O)C(C)(C)C5CCC43C)C2C1. The highest BCUT2D eigenvalue weighted by molar-refractivity contribution is 5.76. The van der Waals surface area contributed by atoms with Gasteiger partial charge in [-0.25, -0.2) is 4.79 Å². The van der Waals surface area contributed by atoms with E-state index in [0.29, 0.717) is 18.8 Å². The molecule has 0 amide bonds. The van der Waals surface area contributed by atoms with E-state index in [1.165, 1.54) is 5.57 Å². The minimum absolute atomic E-state index is 0.0315.